The number of carbonyl (C=O) groups is 3. The Bertz CT molecular complexity index is 655. The summed E-state index contributed by atoms with van der Waals surface area (Å²) in [7, 11) is 0. The molecule has 136 valence electrons. The summed E-state index contributed by atoms with van der Waals surface area (Å²) in [6.07, 6.45) is 0.538. The zero-order chi connectivity index (χ0) is 18.4. The highest BCUT2D eigenvalue weighted by molar-refractivity contribution is 9.10. The minimum Gasteiger partial charge on any atom is -0.481 e. The van der Waals surface area contributed by atoms with E-state index in [9.17, 15) is 14.4 Å². The summed E-state index contributed by atoms with van der Waals surface area (Å²) in [5.41, 5.74) is 9.97. The molecule has 1 aromatic carbocycles. The lowest BCUT2D eigenvalue weighted by molar-refractivity contribution is -0.134. The van der Waals surface area contributed by atoms with Crippen LogP contribution in [0.15, 0.2) is 28.7 Å². The molecule has 1 fully saturated rings. The number of carbonyl (C=O) groups excluding carboxylic acids is 3. The van der Waals surface area contributed by atoms with Gasteiger partial charge in [0.2, 0.25) is 5.91 Å². The molecule has 0 unspecified atom stereocenters. The molecule has 4 amide bonds. The number of hydrogen-bond donors (Lipinski definition) is 3. The van der Waals surface area contributed by atoms with Crippen LogP contribution >= 0.6 is 15.9 Å². The predicted molar refractivity (Wildman–Crippen MR) is 94.4 cm³/mol. The number of primary amides is 1. The molecule has 1 aliphatic rings. The molecule has 4 N–H and O–H groups in total. The SMILES string of the molecule is C[C@@H](Oc1cccc(Br)c1)C(=O)NNC(=O)[C@@H]1CCCN(C(N)=O)C1. The van der Waals surface area contributed by atoms with Crippen molar-refractivity contribution in [3.8, 4) is 5.75 Å². The van der Waals surface area contributed by atoms with E-state index < -0.39 is 24.0 Å². The van der Waals surface area contributed by atoms with Crippen LogP contribution in [0.2, 0.25) is 0 Å². The zero-order valence-corrected chi connectivity index (χ0v) is 15.4. The van der Waals surface area contributed by atoms with Gasteiger partial charge in [0, 0.05) is 17.6 Å². The standard InChI is InChI=1S/C16H21BrN4O4/c1-10(25-13-6-2-5-12(17)8-13)14(22)19-20-15(23)11-4-3-7-21(9-11)16(18)24/h2,5-6,8,10-11H,3-4,7,9H2,1H3,(H2,18,24)(H,19,22)(H,20,23)/t10-,11-/m1/s1. The summed E-state index contributed by atoms with van der Waals surface area (Å²) in [4.78, 5) is 36.8. The van der Waals surface area contributed by atoms with Crippen LogP contribution < -0.4 is 21.3 Å². The summed E-state index contributed by atoms with van der Waals surface area (Å²) < 4.78 is 6.36. The molecule has 25 heavy (non-hydrogen) atoms. The van der Waals surface area contributed by atoms with Gasteiger partial charge in [-0.3, -0.25) is 20.4 Å². The number of likely N-dealkylation sites (tertiary alicyclic amines) is 1. The van der Waals surface area contributed by atoms with E-state index in [1.807, 2.05) is 6.07 Å². The summed E-state index contributed by atoms with van der Waals surface area (Å²) >= 11 is 3.32. The van der Waals surface area contributed by atoms with Crippen molar-refractivity contribution in [2.24, 2.45) is 11.7 Å². The van der Waals surface area contributed by atoms with Gasteiger partial charge in [-0.25, -0.2) is 4.79 Å². The normalized spacial score (nSPS) is 18.2. The Hall–Kier alpha value is -2.29. The fourth-order valence-corrected chi connectivity index (χ4v) is 2.89. The van der Waals surface area contributed by atoms with E-state index >= 15 is 0 Å². The van der Waals surface area contributed by atoms with Crippen LogP contribution in [0.5, 0.6) is 5.75 Å². The highest BCUT2D eigenvalue weighted by Gasteiger charge is 2.28. The monoisotopic (exact) mass is 412 g/mol. The number of nitrogens with two attached hydrogens (primary N) is 1. The second-order valence-electron chi connectivity index (χ2n) is 5.82. The van der Waals surface area contributed by atoms with Crippen LogP contribution in [-0.2, 0) is 9.59 Å². The topological polar surface area (TPSA) is 114 Å². The van der Waals surface area contributed by atoms with Crippen molar-refractivity contribution in [3.05, 3.63) is 28.7 Å². The van der Waals surface area contributed by atoms with Crippen LogP contribution in [0, 0.1) is 5.92 Å². The Morgan fingerprint density at radius 2 is 2.12 bits per heavy atom. The minimum atomic E-state index is -0.789. The molecule has 1 saturated heterocycles. The Balaban J connectivity index is 1.80. The fraction of sp³-hybridized carbons (Fsp3) is 0.438. The van der Waals surface area contributed by atoms with E-state index in [0.717, 1.165) is 4.47 Å². The maximum absolute atomic E-state index is 12.1. The molecular weight excluding hydrogens is 392 g/mol. The van der Waals surface area contributed by atoms with E-state index in [4.69, 9.17) is 10.5 Å². The van der Waals surface area contributed by atoms with Crippen LogP contribution in [0.1, 0.15) is 19.8 Å². The van der Waals surface area contributed by atoms with Crippen molar-refractivity contribution in [2.75, 3.05) is 13.1 Å². The molecule has 0 radical (unpaired) electrons. The van der Waals surface area contributed by atoms with Gasteiger partial charge in [0.25, 0.3) is 5.91 Å². The number of urea groups is 1. The second kappa shape index (κ2) is 8.70. The van der Waals surface area contributed by atoms with Crippen molar-refractivity contribution in [1.82, 2.24) is 15.8 Å². The molecule has 9 heteroatoms. The molecular formula is C16H21BrN4O4. The lowest BCUT2D eigenvalue weighted by Gasteiger charge is -2.30. The molecule has 1 heterocycles. The lowest BCUT2D eigenvalue weighted by Crippen LogP contribution is -2.52. The van der Waals surface area contributed by atoms with Crippen molar-refractivity contribution in [1.29, 1.82) is 0 Å². The van der Waals surface area contributed by atoms with E-state index in [1.165, 1.54) is 4.90 Å². The van der Waals surface area contributed by atoms with Crippen molar-refractivity contribution in [3.63, 3.8) is 0 Å². The minimum absolute atomic E-state index is 0.251. The number of hydrazine groups is 1. The first-order chi connectivity index (χ1) is 11.9. The van der Waals surface area contributed by atoms with Gasteiger partial charge >= 0.3 is 6.03 Å². The predicted octanol–water partition coefficient (Wildman–Crippen LogP) is 1.15. The Morgan fingerprint density at radius 3 is 2.80 bits per heavy atom. The van der Waals surface area contributed by atoms with Gasteiger partial charge in [-0.05, 0) is 38.0 Å². The molecule has 0 aliphatic carbocycles. The Morgan fingerprint density at radius 1 is 1.36 bits per heavy atom. The number of amides is 4. The highest BCUT2D eigenvalue weighted by atomic mass is 79.9. The van der Waals surface area contributed by atoms with E-state index in [1.54, 1.807) is 25.1 Å². The smallest absolute Gasteiger partial charge is 0.314 e. The Kier molecular flexibility index (Phi) is 6.63. The number of rotatable bonds is 4. The average Bonchev–Trinajstić information content (AvgIpc) is 2.59. The number of hydrogen-bond acceptors (Lipinski definition) is 4. The summed E-state index contributed by atoms with van der Waals surface area (Å²) in [6.45, 7) is 2.38. The van der Waals surface area contributed by atoms with Gasteiger partial charge in [-0.15, -0.1) is 0 Å². The largest absolute Gasteiger partial charge is 0.481 e. The average molecular weight is 413 g/mol. The molecule has 0 bridgehead atoms. The summed E-state index contributed by atoms with van der Waals surface area (Å²) in [5.74, 6) is -0.694. The van der Waals surface area contributed by atoms with E-state index in [-0.39, 0.29) is 12.5 Å². The second-order valence-corrected chi connectivity index (χ2v) is 6.74. The molecule has 8 nitrogen and oxygen atoms in total. The third-order valence-corrected chi connectivity index (χ3v) is 4.38. The van der Waals surface area contributed by atoms with Gasteiger partial charge in [-0.2, -0.15) is 0 Å². The number of nitrogens with zero attached hydrogens (tertiary/aromatic N) is 1. The Labute approximate surface area is 154 Å². The molecule has 1 aliphatic heterocycles. The number of ether oxygens (including phenoxy) is 1. The zero-order valence-electron chi connectivity index (χ0n) is 13.8. The summed E-state index contributed by atoms with van der Waals surface area (Å²) in [5, 5.41) is 0. The molecule has 2 rings (SSSR count). The number of piperidine rings is 1. The van der Waals surface area contributed by atoms with Gasteiger partial charge in [0.05, 0.1) is 5.92 Å². The van der Waals surface area contributed by atoms with Gasteiger partial charge in [0.15, 0.2) is 6.10 Å². The summed E-state index contributed by atoms with van der Waals surface area (Å²) in [6, 6.07) is 6.56. The van der Waals surface area contributed by atoms with Gasteiger partial charge in [-0.1, -0.05) is 22.0 Å². The number of halogens is 1. The third kappa shape index (κ3) is 5.63. The quantitative estimate of drug-likeness (QED) is 0.643. The first-order valence-electron chi connectivity index (χ1n) is 7.93. The van der Waals surface area contributed by atoms with Crippen LogP contribution in [0.3, 0.4) is 0 Å². The van der Waals surface area contributed by atoms with Gasteiger partial charge in [0.1, 0.15) is 5.75 Å². The maximum atomic E-state index is 12.1. The van der Waals surface area contributed by atoms with Crippen LogP contribution in [-0.4, -0.2) is 41.9 Å². The van der Waals surface area contributed by atoms with Crippen molar-refractivity contribution < 1.29 is 19.1 Å². The fourth-order valence-electron chi connectivity index (χ4n) is 2.52. The number of benzene rings is 1. The van der Waals surface area contributed by atoms with E-state index in [2.05, 4.69) is 26.8 Å². The first-order valence-corrected chi connectivity index (χ1v) is 8.72. The molecule has 2 atom stereocenters. The molecule has 1 aromatic rings. The van der Waals surface area contributed by atoms with Gasteiger partial charge < -0.3 is 15.4 Å². The first kappa shape index (κ1) is 19.0. The molecule has 0 spiro atoms. The van der Waals surface area contributed by atoms with Crippen molar-refractivity contribution >= 4 is 33.8 Å². The molecule has 0 aromatic heterocycles. The van der Waals surface area contributed by atoms with Crippen LogP contribution in [0.25, 0.3) is 0 Å². The van der Waals surface area contributed by atoms with E-state index in [0.29, 0.717) is 25.1 Å². The highest BCUT2D eigenvalue weighted by Crippen LogP contribution is 2.19. The van der Waals surface area contributed by atoms with Crippen molar-refractivity contribution in [2.45, 2.75) is 25.9 Å². The molecule has 0 saturated carbocycles. The van der Waals surface area contributed by atoms with Crippen LogP contribution in [0.4, 0.5) is 4.79 Å². The maximum Gasteiger partial charge on any atom is 0.314 e. The lowest BCUT2D eigenvalue weighted by atomic mass is 9.98. The third-order valence-electron chi connectivity index (χ3n) is 3.89. The number of nitrogens with one attached hydrogen (secondary N) is 2.